The highest BCUT2D eigenvalue weighted by molar-refractivity contribution is 7.91. The summed E-state index contributed by atoms with van der Waals surface area (Å²) < 4.78 is 29.9. The molecule has 1 fully saturated rings. The maximum atomic E-state index is 12.3. The van der Waals surface area contributed by atoms with Crippen LogP contribution in [0.3, 0.4) is 0 Å². The third-order valence-electron chi connectivity index (χ3n) is 3.66. The van der Waals surface area contributed by atoms with Gasteiger partial charge in [0, 0.05) is 18.8 Å². The Bertz CT molecular complexity index is 635. The second-order valence-electron chi connectivity index (χ2n) is 5.34. The molecule has 1 amide bonds. The van der Waals surface area contributed by atoms with Gasteiger partial charge < -0.3 is 10.1 Å². The first-order chi connectivity index (χ1) is 11.0. The number of rotatable bonds is 7. The third kappa shape index (κ3) is 5.46. The summed E-state index contributed by atoms with van der Waals surface area (Å²) in [5, 5.41) is 2.59. The molecular formula is C16H22N2O4S. The molecule has 0 aliphatic carbocycles. The number of benzene rings is 1. The standard InChI is InChI=1S/C16H22N2O4S/c1-2-16(19)17-14-4-6-15(7-5-14)23(20,21)13-3-8-18-9-11-22-12-10-18/h2,4-7H,1,3,8-13H2,(H,17,19). The van der Waals surface area contributed by atoms with Crippen molar-refractivity contribution < 1.29 is 17.9 Å². The molecule has 0 aromatic heterocycles. The van der Waals surface area contributed by atoms with Crippen molar-refractivity contribution in [3.63, 3.8) is 0 Å². The fourth-order valence-electron chi connectivity index (χ4n) is 2.36. The van der Waals surface area contributed by atoms with Gasteiger partial charge in [0.25, 0.3) is 0 Å². The van der Waals surface area contributed by atoms with Crippen LogP contribution in [0.5, 0.6) is 0 Å². The number of nitrogens with zero attached hydrogens (tertiary/aromatic N) is 1. The molecule has 0 saturated carbocycles. The van der Waals surface area contributed by atoms with E-state index in [1.807, 2.05) is 0 Å². The van der Waals surface area contributed by atoms with Crippen molar-refractivity contribution in [3.8, 4) is 0 Å². The van der Waals surface area contributed by atoms with Crippen LogP contribution in [0.15, 0.2) is 41.8 Å². The normalized spacial score (nSPS) is 16.0. The van der Waals surface area contributed by atoms with Gasteiger partial charge in [-0.1, -0.05) is 6.58 Å². The molecule has 126 valence electrons. The summed E-state index contributed by atoms with van der Waals surface area (Å²) in [7, 11) is -3.30. The van der Waals surface area contributed by atoms with Crippen LogP contribution in [-0.2, 0) is 19.4 Å². The van der Waals surface area contributed by atoms with Crippen molar-refractivity contribution in [3.05, 3.63) is 36.9 Å². The summed E-state index contributed by atoms with van der Waals surface area (Å²) in [6.07, 6.45) is 1.76. The van der Waals surface area contributed by atoms with E-state index in [9.17, 15) is 13.2 Å². The monoisotopic (exact) mass is 338 g/mol. The summed E-state index contributed by atoms with van der Waals surface area (Å²) in [5.41, 5.74) is 0.544. The third-order valence-corrected chi connectivity index (χ3v) is 5.47. The maximum absolute atomic E-state index is 12.3. The second kappa shape index (κ2) is 8.24. The zero-order chi connectivity index (χ0) is 16.7. The fraction of sp³-hybridized carbons (Fsp3) is 0.438. The van der Waals surface area contributed by atoms with Crippen LogP contribution < -0.4 is 5.32 Å². The van der Waals surface area contributed by atoms with Crippen molar-refractivity contribution in [1.82, 2.24) is 4.90 Å². The van der Waals surface area contributed by atoms with E-state index in [1.165, 1.54) is 12.1 Å². The molecule has 0 atom stereocenters. The van der Waals surface area contributed by atoms with Crippen LogP contribution in [0.4, 0.5) is 5.69 Å². The van der Waals surface area contributed by atoms with E-state index in [0.29, 0.717) is 25.3 Å². The van der Waals surface area contributed by atoms with Gasteiger partial charge in [-0.15, -0.1) is 0 Å². The molecule has 1 aromatic rings. The number of nitrogens with one attached hydrogen (secondary N) is 1. The SMILES string of the molecule is C=CC(=O)Nc1ccc(S(=O)(=O)CCCN2CCOCC2)cc1. The molecular weight excluding hydrogens is 316 g/mol. The minimum absolute atomic E-state index is 0.114. The summed E-state index contributed by atoms with van der Waals surface area (Å²) in [6.45, 7) is 7.27. The minimum atomic E-state index is -3.30. The van der Waals surface area contributed by atoms with E-state index in [4.69, 9.17) is 4.74 Å². The molecule has 7 heteroatoms. The first-order valence-corrected chi connectivity index (χ1v) is 9.23. The highest BCUT2D eigenvalue weighted by Gasteiger charge is 2.16. The molecule has 23 heavy (non-hydrogen) atoms. The molecule has 1 N–H and O–H groups in total. The molecule has 0 radical (unpaired) electrons. The lowest BCUT2D eigenvalue weighted by molar-refractivity contribution is -0.111. The van der Waals surface area contributed by atoms with E-state index in [1.54, 1.807) is 12.1 Å². The molecule has 2 rings (SSSR count). The highest BCUT2D eigenvalue weighted by atomic mass is 32.2. The van der Waals surface area contributed by atoms with Crippen LogP contribution in [0.25, 0.3) is 0 Å². The lowest BCUT2D eigenvalue weighted by atomic mass is 10.3. The number of sulfone groups is 1. The van der Waals surface area contributed by atoms with Crippen molar-refractivity contribution in [2.75, 3.05) is 43.9 Å². The van der Waals surface area contributed by atoms with Crippen LogP contribution in [-0.4, -0.2) is 57.8 Å². The predicted octanol–water partition coefficient (Wildman–Crippen LogP) is 1.31. The van der Waals surface area contributed by atoms with Gasteiger partial charge in [0.2, 0.25) is 5.91 Å². The number of hydrogen-bond acceptors (Lipinski definition) is 5. The fourth-order valence-corrected chi connectivity index (χ4v) is 3.66. The summed E-state index contributed by atoms with van der Waals surface area (Å²) in [6, 6.07) is 6.19. The van der Waals surface area contributed by atoms with Gasteiger partial charge in [0.1, 0.15) is 0 Å². The number of carbonyl (C=O) groups is 1. The Morgan fingerprint density at radius 3 is 2.52 bits per heavy atom. The topological polar surface area (TPSA) is 75.7 Å². The van der Waals surface area contributed by atoms with Crippen LogP contribution in [0, 0.1) is 0 Å². The molecule has 0 bridgehead atoms. The number of ether oxygens (including phenoxy) is 1. The van der Waals surface area contributed by atoms with E-state index in [-0.39, 0.29) is 16.6 Å². The molecule has 1 saturated heterocycles. The molecule has 0 spiro atoms. The number of hydrogen-bond donors (Lipinski definition) is 1. The van der Waals surface area contributed by atoms with Crippen molar-refractivity contribution >= 4 is 21.4 Å². The zero-order valence-electron chi connectivity index (χ0n) is 13.0. The number of anilines is 1. The van der Waals surface area contributed by atoms with E-state index < -0.39 is 9.84 Å². The van der Waals surface area contributed by atoms with Crippen molar-refractivity contribution in [2.24, 2.45) is 0 Å². The molecule has 1 aliphatic rings. The van der Waals surface area contributed by atoms with Gasteiger partial charge in [-0.3, -0.25) is 9.69 Å². The number of carbonyl (C=O) groups excluding carboxylic acids is 1. The average Bonchev–Trinajstić information content (AvgIpc) is 2.56. The Labute approximate surface area is 137 Å². The molecule has 6 nitrogen and oxygen atoms in total. The second-order valence-corrected chi connectivity index (χ2v) is 7.45. The van der Waals surface area contributed by atoms with Gasteiger partial charge in [-0.2, -0.15) is 0 Å². The predicted molar refractivity (Wildman–Crippen MR) is 89.2 cm³/mol. The first kappa shape index (κ1) is 17.7. The maximum Gasteiger partial charge on any atom is 0.247 e. The average molecular weight is 338 g/mol. The Balaban J connectivity index is 1.88. The van der Waals surface area contributed by atoms with Gasteiger partial charge in [-0.05, 0) is 43.3 Å². The van der Waals surface area contributed by atoms with Gasteiger partial charge in [0.15, 0.2) is 9.84 Å². The molecule has 1 aromatic carbocycles. The lowest BCUT2D eigenvalue weighted by Gasteiger charge is -2.26. The Morgan fingerprint density at radius 1 is 1.26 bits per heavy atom. The quantitative estimate of drug-likeness (QED) is 0.759. The first-order valence-electron chi connectivity index (χ1n) is 7.57. The summed E-state index contributed by atoms with van der Waals surface area (Å²) >= 11 is 0. The van der Waals surface area contributed by atoms with E-state index in [0.717, 1.165) is 25.7 Å². The largest absolute Gasteiger partial charge is 0.379 e. The molecule has 0 unspecified atom stereocenters. The summed E-state index contributed by atoms with van der Waals surface area (Å²) in [4.78, 5) is 13.7. The van der Waals surface area contributed by atoms with Crippen LogP contribution in [0.2, 0.25) is 0 Å². The van der Waals surface area contributed by atoms with Crippen LogP contribution in [0.1, 0.15) is 6.42 Å². The number of amides is 1. The minimum Gasteiger partial charge on any atom is -0.379 e. The molecule has 1 aliphatic heterocycles. The van der Waals surface area contributed by atoms with E-state index >= 15 is 0 Å². The molecule has 1 heterocycles. The highest BCUT2D eigenvalue weighted by Crippen LogP contribution is 2.16. The Hall–Kier alpha value is -1.70. The lowest BCUT2D eigenvalue weighted by Crippen LogP contribution is -2.37. The van der Waals surface area contributed by atoms with Crippen molar-refractivity contribution in [1.29, 1.82) is 0 Å². The van der Waals surface area contributed by atoms with E-state index in [2.05, 4.69) is 16.8 Å². The number of morpholine rings is 1. The zero-order valence-corrected chi connectivity index (χ0v) is 13.8. The Kier molecular flexibility index (Phi) is 6.32. The summed E-state index contributed by atoms with van der Waals surface area (Å²) in [5.74, 6) is -0.214. The smallest absolute Gasteiger partial charge is 0.247 e. The van der Waals surface area contributed by atoms with Crippen LogP contribution >= 0.6 is 0 Å². The van der Waals surface area contributed by atoms with Gasteiger partial charge in [-0.25, -0.2) is 8.42 Å². The Morgan fingerprint density at radius 2 is 1.91 bits per heavy atom. The van der Waals surface area contributed by atoms with Gasteiger partial charge >= 0.3 is 0 Å². The van der Waals surface area contributed by atoms with Crippen molar-refractivity contribution in [2.45, 2.75) is 11.3 Å². The van der Waals surface area contributed by atoms with Gasteiger partial charge in [0.05, 0.1) is 23.9 Å².